The van der Waals surface area contributed by atoms with E-state index in [1.54, 1.807) is 17.2 Å². The maximum atomic E-state index is 13.2. The Hall–Kier alpha value is -1.67. The van der Waals surface area contributed by atoms with Crippen LogP contribution in [0.5, 0.6) is 0 Å². The molecule has 0 aromatic carbocycles. The third kappa shape index (κ3) is 3.54. The fourth-order valence-electron chi connectivity index (χ4n) is 8.56. The molecule has 5 aliphatic carbocycles. The van der Waals surface area contributed by atoms with Gasteiger partial charge in [0.05, 0.1) is 12.4 Å². The number of carbonyl (C=O) groups excluding carboxylic acids is 1. The van der Waals surface area contributed by atoms with Crippen molar-refractivity contribution >= 4 is 5.78 Å². The highest BCUT2D eigenvalue weighted by Gasteiger charge is 2.59. The molecule has 1 heterocycles. The molecular formula is C27H37N3O2. The van der Waals surface area contributed by atoms with Gasteiger partial charge in [0.15, 0.2) is 5.78 Å². The maximum Gasteiger partial charge on any atom is 0.159 e. The Labute approximate surface area is 191 Å². The van der Waals surface area contributed by atoms with Crippen molar-refractivity contribution in [2.75, 3.05) is 0 Å². The van der Waals surface area contributed by atoms with Crippen molar-refractivity contribution in [3.05, 3.63) is 12.4 Å². The Morgan fingerprint density at radius 3 is 2.56 bits per heavy atom. The lowest BCUT2D eigenvalue weighted by Gasteiger charge is -2.56. The van der Waals surface area contributed by atoms with Crippen LogP contribution in [0.1, 0.15) is 77.6 Å². The van der Waals surface area contributed by atoms with Gasteiger partial charge in [-0.2, -0.15) is 15.0 Å². The zero-order chi connectivity index (χ0) is 21.9. The summed E-state index contributed by atoms with van der Waals surface area (Å²) in [5.41, 5.74) is -0.589. The zero-order valence-electron chi connectivity index (χ0n) is 19.4. The first-order valence-electron chi connectivity index (χ1n) is 13.1. The van der Waals surface area contributed by atoms with E-state index in [1.165, 1.54) is 44.9 Å². The third-order valence-corrected chi connectivity index (χ3v) is 10.2. The summed E-state index contributed by atoms with van der Waals surface area (Å²) in [6.45, 7) is 2.73. The second kappa shape index (κ2) is 7.69. The molecule has 0 spiro atoms. The summed E-state index contributed by atoms with van der Waals surface area (Å²) in [5, 5.41) is 19.5. The summed E-state index contributed by atoms with van der Waals surface area (Å²) >= 11 is 0. The van der Waals surface area contributed by atoms with Crippen LogP contribution in [0.2, 0.25) is 0 Å². The first-order valence-corrected chi connectivity index (χ1v) is 13.1. The fourth-order valence-corrected chi connectivity index (χ4v) is 8.56. The second-order valence-corrected chi connectivity index (χ2v) is 12.0. The largest absolute Gasteiger partial charge is 0.378 e. The van der Waals surface area contributed by atoms with Gasteiger partial charge in [-0.1, -0.05) is 18.8 Å². The molecule has 0 aliphatic heterocycles. The molecule has 1 aromatic heterocycles. The van der Waals surface area contributed by atoms with Crippen LogP contribution in [-0.2, 0) is 11.3 Å². The molecule has 172 valence electrons. The third-order valence-electron chi connectivity index (χ3n) is 10.2. The van der Waals surface area contributed by atoms with Crippen LogP contribution in [0.3, 0.4) is 0 Å². The molecule has 5 nitrogen and oxygen atoms in total. The highest BCUT2D eigenvalue weighted by Crippen LogP contribution is 2.64. The fraction of sp³-hybridized carbons (Fsp3) is 0.815. The van der Waals surface area contributed by atoms with Crippen LogP contribution in [0.15, 0.2) is 12.4 Å². The summed E-state index contributed by atoms with van der Waals surface area (Å²) in [4.78, 5) is 14.8. The lowest BCUT2D eigenvalue weighted by molar-refractivity contribution is -0.132. The van der Waals surface area contributed by atoms with Gasteiger partial charge < -0.3 is 5.11 Å². The van der Waals surface area contributed by atoms with Gasteiger partial charge in [0.1, 0.15) is 12.1 Å². The molecule has 0 radical (unpaired) electrons. The number of aromatic nitrogens is 3. The Morgan fingerprint density at radius 2 is 1.78 bits per heavy atom. The molecule has 0 bridgehead atoms. The van der Waals surface area contributed by atoms with E-state index in [2.05, 4.69) is 29.0 Å². The number of nitrogens with zero attached hydrogens (tertiary/aromatic N) is 3. The number of ketones is 1. The molecular weight excluding hydrogens is 398 g/mol. The summed E-state index contributed by atoms with van der Waals surface area (Å²) in [7, 11) is 0. The van der Waals surface area contributed by atoms with E-state index in [4.69, 9.17) is 0 Å². The van der Waals surface area contributed by atoms with E-state index in [0.717, 1.165) is 43.4 Å². The Morgan fingerprint density at radius 1 is 1.00 bits per heavy atom. The summed E-state index contributed by atoms with van der Waals surface area (Å²) < 4.78 is 0. The van der Waals surface area contributed by atoms with E-state index in [0.29, 0.717) is 30.1 Å². The molecule has 0 saturated heterocycles. The normalized spacial score (nSPS) is 45.2. The number of carbonyl (C=O) groups is 1. The van der Waals surface area contributed by atoms with Crippen molar-refractivity contribution in [3.8, 4) is 11.8 Å². The number of Topliss-reactive ketones (excluding diaryl/α,β-unsaturated/α-hetero) is 1. The van der Waals surface area contributed by atoms with E-state index in [-0.39, 0.29) is 11.3 Å². The number of fused-ring (bicyclic) bond motifs is 5. The first-order chi connectivity index (χ1) is 15.5. The summed E-state index contributed by atoms with van der Waals surface area (Å²) in [6, 6.07) is 0. The molecule has 8 atom stereocenters. The lowest BCUT2D eigenvalue weighted by atomic mass is 9.49. The number of hydrogen-bond donors (Lipinski definition) is 1. The number of hydrogen-bond acceptors (Lipinski definition) is 4. The standard InChI is InChI=1S/C27H37N3O2/c1-26-11-9-21-20-10-13-27(32,12-8-18-2-3-18)16-19(20)4-5-22(21)23(26)6-7-24(26)25(31)17-30-28-14-15-29-30/h14-15,18-24,32H,2-7,9-11,13,16-17H2,1H3/t19-,20+,21-,22-,23+,24-,26+,27+/m1/s1. The van der Waals surface area contributed by atoms with Gasteiger partial charge in [-0.25, -0.2) is 0 Å². The second-order valence-electron chi connectivity index (χ2n) is 12.0. The average molecular weight is 436 g/mol. The topological polar surface area (TPSA) is 68.0 Å². The van der Waals surface area contributed by atoms with Gasteiger partial charge in [0, 0.05) is 11.8 Å². The molecule has 1 N–H and O–H groups in total. The molecule has 6 rings (SSSR count). The van der Waals surface area contributed by atoms with Gasteiger partial charge in [-0.15, -0.1) is 0 Å². The van der Waals surface area contributed by atoms with Crippen molar-refractivity contribution in [3.63, 3.8) is 0 Å². The lowest BCUT2D eigenvalue weighted by Crippen LogP contribution is -2.51. The first kappa shape index (κ1) is 20.9. The van der Waals surface area contributed by atoms with E-state index in [9.17, 15) is 9.90 Å². The predicted octanol–water partition coefficient (Wildman–Crippen LogP) is 4.26. The Balaban J connectivity index is 1.15. The van der Waals surface area contributed by atoms with Crippen LogP contribution in [0.25, 0.3) is 0 Å². The van der Waals surface area contributed by atoms with Crippen molar-refractivity contribution < 1.29 is 9.90 Å². The summed E-state index contributed by atoms with van der Waals surface area (Å²) in [6.07, 6.45) is 15.8. The monoisotopic (exact) mass is 435 g/mol. The van der Waals surface area contributed by atoms with E-state index < -0.39 is 5.60 Å². The van der Waals surface area contributed by atoms with Gasteiger partial charge in [-0.05, 0) is 106 Å². The minimum Gasteiger partial charge on any atom is -0.378 e. The molecule has 5 fully saturated rings. The summed E-state index contributed by atoms with van der Waals surface area (Å²) in [5.74, 6) is 11.3. The van der Waals surface area contributed by atoms with Gasteiger partial charge in [-0.3, -0.25) is 4.79 Å². The minimum atomic E-state index is -0.731. The predicted molar refractivity (Wildman–Crippen MR) is 121 cm³/mol. The zero-order valence-corrected chi connectivity index (χ0v) is 19.4. The SMILES string of the molecule is C[C@]12CC[C@H]3[C@@H](CC[C@@H]4C[C@](O)(C#CC5CC5)CC[C@@H]43)[C@@H]1CC[C@@H]2C(=O)Cn1nccn1. The van der Waals surface area contributed by atoms with Crippen molar-refractivity contribution in [1.82, 2.24) is 15.0 Å². The van der Waals surface area contributed by atoms with Gasteiger partial charge in [0.25, 0.3) is 0 Å². The molecule has 5 aliphatic rings. The average Bonchev–Trinajstić information content (AvgIpc) is 3.34. The Kier molecular flexibility index (Phi) is 5.02. The van der Waals surface area contributed by atoms with Gasteiger partial charge >= 0.3 is 0 Å². The quantitative estimate of drug-likeness (QED) is 0.721. The molecule has 32 heavy (non-hydrogen) atoms. The molecule has 1 aromatic rings. The van der Waals surface area contributed by atoms with E-state index in [1.807, 2.05) is 0 Å². The van der Waals surface area contributed by atoms with Crippen LogP contribution in [0, 0.1) is 58.7 Å². The van der Waals surface area contributed by atoms with E-state index >= 15 is 0 Å². The number of aliphatic hydroxyl groups is 1. The molecule has 0 unspecified atom stereocenters. The molecule has 5 saturated carbocycles. The smallest absolute Gasteiger partial charge is 0.159 e. The Bertz CT molecular complexity index is 928. The molecule has 0 amide bonds. The van der Waals surface area contributed by atoms with Crippen molar-refractivity contribution in [2.45, 2.75) is 89.7 Å². The van der Waals surface area contributed by atoms with Crippen LogP contribution in [0.4, 0.5) is 0 Å². The highest BCUT2D eigenvalue weighted by atomic mass is 16.3. The van der Waals surface area contributed by atoms with Crippen LogP contribution in [-0.4, -0.2) is 31.5 Å². The van der Waals surface area contributed by atoms with Crippen LogP contribution < -0.4 is 0 Å². The van der Waals surface area contributed by atoms with Crippen molar-refractivity contribution in [2.24, 2.45) is 46.8 Å². The highest BCUT2D eigenvalue weighted by molar-refractivity contribution is 5.81. The maximum absolute atomic E-state index is 13.2. The number of rotatable bonds is 3. The minimum absolute atomic E-state index is 0.142. The van der Waals surface area contributed by atoms with Crippen molar-refractivity contribution in [1.29, 1.82) is 0 Å². The molecule has 5 heteroatoms. The van der Waals surface area contributed by atoms with Gasteiger partial charge in [0.2, 0.25) is 0 Å². The van der Waals surface area contributed by atoms with Crippen LogP contribution >= 0.6 is 0 Å².